The number of rotatable bonds is 1. The molecular weight excluding hydrogens is 246 g/mol. The highest BCUT2D eigenvalue weighted by molar-refractivity contribution is 9.10. The van der Waals surface area contributed by atoms with E-state index >= 15 is 0 Å². The van der Waals surface area contributed by atoms with Crippen molar-refractivity contribution < 1.29 is 8.78 Å². The number of H-pyrrole nitrogens is 1. The molecule has 3 nitrogen and oxygen atoms in total. The summed E-state index contributed by atoms with van der Waals surface area (Å²) in [4.78, 5) is 12.9. The van der Waals surface area contributed by atoms with Crippen LogP contribution in [0.2, 0.25) is 0 Å². The Morgan fingerprint density at radius 3 is 2.69 bits per heavy atom. The van der Waals surface area contributed by atoms with Gasteiger partial charge in [0.25, 0.3) is 6.43 Å². The van der Waals surface area contributed by atoms with Crippen LogP contribution in [-0.2, 0) is 0 Å². The molecule has 0 saturated carbocycles. The number of aromatic amines is 1. The minimum atomic E-state index is -2.83. The molecule has 6 heteroatoms. The molecule has 0 amide bonds. The standard InChI is InChI=1S/C7H3BrF2N2O/c8-6-4(2-11)3(7(9)10)1-5(13)12-6/h1,7H,(H,12,13). The van der Waals surface area contributed by atoms with Crippen molar-refractivity contribution in [3.63, 3.8) is 0 Å². The summed E-state index contributed by atoms with van der Waals surface area (Å²) in [5.41, 5.74) is -1.46. The summed E-state index contributed by atoms with van der Waals surface area (Å²) in [6, 6.07) is 2.29. The molecule has 0 aliphatic carbocycles. The van der Waals surface area contributed by atoms with Crippen molar-refractivity contribution in [1.29, 1.82) is 5.26 Å². The van der Waals surface area contributed by atoms with Gasteiger partial charge in [0.15, 0.2) is 0 Å². The van der Waals surface area contributed by atoms with Crippen molar-refractivity contribution in [3.05, 3.63) is 32.2 Å². The van der Waals surface area contributed by atoms with Crippen LogP contribution in [0.5, 0.6) is 0 Å². The fraction of sp³-hybridized carbons (Fsp3) is 0.143. The Hall–Kier alpha value is -1.22. The zero-order valence-corrected chi connectivity index (χ0v) is 7.73. The number of alkyl halides is 2. The van der Waals surface area contributed by atoms with E-state index in [1.807, 2.05) is 0 Å². The first-order valence-corrected chi connectivity index (χ1v) is 3.96. The van der Waals surface area contributed by atoms with Gasteiger partial charge in [0.2, 0.25) is 5.56 Å². The first-order chi connectivity index (χ1) is 6.06. The smallest absolute Gasteiger partial charge is 0.265 e. The molecule has 0 aromatic carbocycles. The Morgan fingerprint density at radius 1 is 1.62 bits per heavy atom. The van der Waals surface area contributed by atoms with Gasteiger partial charge in [-0.05, 0) is 15.9 Å². The van der Waals surface area contributed by atoms with E-state index in [-0.39, 0.29) is 10.2 Å². The first-order valence-electron chi connectivity index (χ1n) is 3.17. The van der Waals surface area contributed by atoms with E-state index in [9.17, 15) is 13.6 Å². The molecule has 1 rings (SSSR count). The summed E-state index contributed by atoms with van der Waals surface area (Å²) in [6.45, 7) is 0. The largest absolute Gasteiger partial charge is 0.316 e. The molecule has 1 N–H and O–H groups in total. The van der Waals surface area contributed by atoms with Gasteiger partial charge in [0, 0.05) is 11.6 Å². The van der Waals surface area contributed by atoms with Crippen molar-refractivity contribution in [2.75, 3.05) is 0 Å². The number of nitrogens with one attached hydrogen (secondary N) is 1. The Balaban J connectivity index is 3.50. The van der Waals surface area contributed by atoms with E-state index < -0.39 is 17.5 Å². The van der Waals surface area contributed by atoms with Gasteiger partial charge in [-0.15, -0.1) is 0 Å². The molecule has 0 aliphatic heterocycles. The van der Waals surface area contributed by atoms with Gasteiger partial charge in [0.1, 0.15) is 10.7 Å². The third-order valence-corrected chi connectivity index (χ3v) is 1.97. The highest BCUT2D eigenvalue weighted by Crippen LogP contribution is 2.24. The molecule has 13 heavy (non-hydrogen) atoms. The fourth-order valence-corrected chi connectivity index (χ4v) is 1.35. The van der Waals surface area contributed by atoms with Gasteiger partial charge in [-0.2, -0.15) is 5.26 Å². The number of halogens is 3. The van der Waals surface area contributed by atoms with Crippen LogP contribution in [-0.4, -0.2) is 4.98 Å². The maximum Gasteiger partial charge on any atom is 0.265 e. The maximum atomic E-state index is 12.2. The van der Waals surface area contributed by atoms with Crippen LogP contribution in [0.25, 0.3) is 0 Å². The van der Waals surface area contributed by atoms with E-state index in [0.717, 1.165) is 0 Å². The van der Waals surface area contributed by atoms with Crippen molar-refractivity contribution in [3.8, 4) is 6.07 Å². The second-order valence-electron chi connectivity index (χ2n) is 2.19. The SMILES string of the molecule is N#Cc1c(C(F)F)cc(=O)[nH]c1Br. The minimum absolute atomic E-state index is 0.0159. The van der Waals surface area contributed by atoms with Gasteiger partial charge in [-0.25, -0.2) is 8.78 Å². The van der Waals surface area contributed by atoms with E-state index in [4.69, 9.17) is 5.26 Å². The average molecular weight is 249 g/mol. The lowest BCUT2D eigenvalue weighted by molar-refractivity contribution is 0.150. The Kier molecular flexibility index (Phi) is 2.78. The first kappa shape index (κ1) is 9.86. The van der Waals surface area contributed by atoms with Crippen molar-refractivity contribution in [1.82, 2.24) is 4.98 Å². The van der Waals surface area contributed by atoms with Crippen LogP contribution < -0.4 is 5.56 Å². The second-order valence-corrected chi connectivity index (χ2v) is 2.98. The molecule has 0 bridgehead atoms. The average Bonchev–Trinajstić information content (AvgIpc) is 2.02. The van der Waals surface area contributed by atoms with Gasteiger partial charge < -0.3 is 4.98 Å². The molecule has 0 radical (unpaired) electrons. The third-order valence-electron chi connectivity index (χ3n) is 1.37. The van der Waals surface area contributed by atoms with Gasteiger partial charge >= 0.3 is 0 Å². The highest BCUT2D eigenvalue weighted by atomic mass is 79.9. The van der Waals surface area contributed by atoms with E-state index in [1.165, 1.54) is 0 Å². The van der Waals surface area contributed by atoms with Crippen LogP contribution in [0.4, 0.5) is 8.78 Å². The molecule has 1 aromatic rings. The van der Waals surface area contributed by atoms with Crippen molar-refractivity contribution in [2.24, 2.45) is 0 Å². The lowest BCUT2D eigenvalue weighted by Crippen LogP contribution is -2.09. The number of nitrogens with zero attached hydrogens (tertiary/aromatic N) is 1. The maximum absolute atomic E-state index is 12.2. The summed E-state index contributed by atoms with van der Waals surface area (Å²) in [6.07, 6.45) is -2.83. The van der Waals surface area contributed by atoms with E-state index in [2.05, 4.69) is 20.9 Å². The van der Waals surface area contributed by atoms with Gasteiger partial charge in [0.05, 0.1) is 5.56 Å². The van der Waals surface area contributed by atoms with Gasteiger partial charge in [-0.1, -0.05) is 0 Å². The van der Waals surface area contributed by atoms with Crippen LogP contribution in [0, 0.1) is 11.3 Å². The van der Waals surface area contributed by atoms with E-state index in [0.29, 0.717) is 6.07 Å². The normalized spacial score (nSPS) is 10.1. The third kappa shape index (κ3) is 1.92. The fourth-order valence-electron chi connectivity index (χ4n) is 0.833. The molecular formula is C7H3BrF2N2O. The second kappa shape index (κ2) is 3.66. The monoisotopic (exact) mass is 248 g/mol. The van der Waals surface area contributed by atoms with Crippen LogP contribution >= 0.6 is 15.9 Å². The predicted octanol–water partition coefficient (Wildman–Crippen LogP) is 1.95. The van der Waals surface area contributed by atoms with Crippen LogP contribution in [0.15, 0.2) is 15.5 Å². The molecule has 1 aromatic heterocycles. The molecule has 0 unspecified atom stereocenters. The Labute approximate surface area is 80.1 Å². The topological polar surface area (TPSA) is 56.6 Å². The Bertz CT molecular complexity index is 421. The van der Waals surface area contributed by atoms with Crippen LogP contribution in [0.3, 0.4) is 0 Å². The summed E-state index contributed by atoms with van der Waals surface area (Å²) in [5, 5.41) is 8.50. The molecule has 0 spiro atoms. The number of nitriles is 1. The van der Waals surface area contributed by atoms with Crippen molar-refractivity contribution in [2.45, 2.75) is 6.43 Å². The Morgan fingerprint density at radius 2 is 2.23 bits per heavy atom. The lowest BCUT2D eigenvalue weighted by Gasteiger charge is -2.02. The number of hydrogen-bond acceptors (Lipinski definition) is 2. The van der Waals surface area contributed by atoms with Crippen molar-refractivity contribution >= 4 is 15.9 Å². The quantitative estimate of drug-likeness (QED) is 0.773. The molecule has 0 atom stereocenters. The summed E-state index contributed by atoms with van der Waals surface area (Å²) in [5.74, 6) is 0. The molecule has 0 fully saturated rings. The number of hydrogen-bond donors (Lipinski definition) is 1. The van der Waals surface area contributed by atoms with Crippen LogP contribution in [0.1, 0.15) is 17.6 Å². The zero-order chi connectivity index (χ0) is 10.0. The zero-order valence-electron chi connectivity index (χ0n) is 6.14. The summed E-state index contributed by atoms with van der Waals surface area (Å²) >= 11 is 2.82. The highest BCUT2D eigenvalue weighted by Gasteiger charge is 2.16. The summed E-state index contributed by atoms with van der Waals surface area (Å²) in [7, 11) is 0. The summed E-state index contributed by atoms with van der Waals surface area (Å²) < 4.78 is 24.5. The minimum Gasteiger partial charge on any atom is -0.316 e. The lowest BCUT2D eigenvalue weighted by atomic mass is 10.1. The van der Waals surface area contributed by atoms with Gasteiger partial charge in [-0.3, -0.25) is 4.79 Å². The molecule has 68 valence electrons. The molecule has 1 heterocycles. The molecule has 0 aliphatic rings. The molecule has 0 saturated heterocycles. The number of pyridine rings is 1. The number of aromatic nitrogens is 1. The van der Waals surface area contributed by atoms with E-state index in [1.54, 1.807) is 6.07 Å². The predicted molar refractivity (Wildman–Crippen MR) is 44.4 cm³/mol.